The second kappa shape index (κ2) is 12.2. The molecule has 0 radical (unpaired) electrons. The molecule has 28 heavy (non-hydrogen) atoms. The van der Waals surface area contributed by atoms with Crippen LogP contribution in [0.25, 0.3) is 0 Å². The van der Waals surface area contributed by atoms with Crippen LogP contribution in [0.1, 0.15) is 37.3 Å². The quantitative estimate of drug-likeness (QED) is 0.420. The van der Waals surface area contributed by atoms with Gasteiger partial charge in [-0.05, 0) is 31.4 Å². The van der Waals surface area contributed by atoms with Gasteiger partial charge < -0.3 is 25.4 Å². The molecule has 1 atom stereocenters. The maximum absolute atomic E-state index is 11.7. The summed E-state index contributed by atoms with van der Waals surface area (Å²) in [4.78, 5) is 15.9. The summed E-state index contributed by atoms with van der Waals surface area (Å²) in [6.45, 7) is 8.23. The van der Waals surface area contributed by atoms with E-state index in [1.54, 1.807) is 7.05 Å². The summed E-state index contributed by atoms with van der Waals surface area (Å²) < 4.78 is 11.5. The second-order valence-corrected chi connectivity index (χ2v) is 7.10. The molecule has 0 spiro atoms. The van der Waals surface area contributed by atoms with Crippen LogP contribution in [0.3, 0.4) is 0 Å². The number of nitrogens with zero attached hydrogens (tertiary/aromatic N) is 1. The number of hydrogen-bond acceptors (Lipinski definition) is 4. The molecule has 1 aliphatic heterocycles. The van der Waals surface area contributed by atoms with Crippen molar-refractivity contribution < 1.29 is 14.3 Å². The van der Waals surface area contributed by atoms with E-state index in [0.717, 1.165) is 43.9 Å². The van der Waals surface area contributed by atoms with Gasteiger partial charge in [0.15, 0.2) is 5.96 Å². The zero-order valence-corrected chi connectivity index (χ0v) is 17.3. The molecule has 1 heterocycles. The van der Waals surface area contributed by atoms with E-state index in [0.29, 0.717) is 38.0 Å². The fourth-order valence-electron chi connectivity index (χ4n) is 2.91. The number of carbonyl (C=O) groups excluding carboxylic acids is 1. The van der Waals surface area contributed by atoms with Gasteiger partial charge in [-0.2, -0.15) is 0 Å². The standard InChI is InChI=1S/C21H34N4O3/c1-4-9-23-20(26)7-10-24-21(22-3)25-13-18-6-5-16(2)12-19(18)28-15-17-8-11-27-14-17/h5-6,12,17H,4,7-11,13-15H2,1-3H3,(H,23,26)(H2,22,24,25). The molecule has 1 unspecified atom stereocenters. The van der Waals surface area contributed by atoms with E-state index >= 15 is 0 Å². The van der Waals surface area contributed by atoms with Gasteiger partial charge in [-0.1, -0.05) is 19.1 Å². The summed E-state index contributed by atoms with van der Waals surface area (Å²) in [5.41, 5.74) is 2.25. The minimum atomic E-state index is 0.0508. The molecule has 7 nitrogen and oxygen atoms in total. The molecular formula is C21H34N4O3. The van der Waals surface area contributed by atoms with Gasteiger partial charge in [0.2, 0.25) is 5.91 Å². The first kappa shape index (κ1) is 22.0. The van der Waals surface area contributed by atoms with Crippen LogP contribution in [-0.4, -0.2) is 51.8 Å². The maximum Gasteiger partial charge on any atom is 0.221 e. The number of guanidine groups is 1. The number of benzene rings is 1. The normalized spacial score (nSPS) is 16.7. The lowest BCUT2D eigenvalue weighted by molar-refractivity contribution is -0.120. The number of aliphatic imine (C=N–C) groups is 1. The molecule has 156 valence electrons. The molecule has 1 amide bonds. The molecule has 2 rings (SSSR count). The summed E-state index contributed by atoms with van der Waals surface area (Å²) in [5.74, 6) is 2.08. The van der Waals surface area contributed by atoms with Crippen molar-refractivity contribution in [2.24, 2.45) is 10.9 Å². The molecule has 0 bridgehead atoms. The van der Waals surface area contributed by atoms with E-state index < -0.39 is 0 Å². The van der Waals surface area contributed by atoms with E-state index in [1.165, 1.54) is 5.56 Å². The molecule has 0 aromatic heterocycles. The third-order valence-corrected chi connectivity index (χ3v) is 4.61. The smallest absolute Gasteiger partial charge is 0.221 e. The number of rotatable bonds is 10. The van der Waals surface area contributed by atoms with Crippen LogP contribution >= 0.6 is 0 Å². The van der Waals surface area contributed by atoms with E-state index in [-0.39, 0.29) is 5.91 Å². The van der Waals surface area contributed by atoms with Gasteiger partial charge in [0, 0.05) is 51.2 Å². The first-order valence-electron chi connectivity index (χ1n) is 10.1. The van der Waals surface area contributed by atoms with Crippen molar-refractivity contribution in [1.29, 1.82) is 0 Å². The predicted molar refractivity (Wildman–Crippen MR) is 112 cm³/mol. The number of hydrogen-bond donors (Lipinski definition) is 3. The van der Waals surface area contributed by atoms with Crippen LogP contribution in [0.15, 0.2) is 23.2 Å². The van der Waals surface area contributed by atoms with E-state index in [9.17, 15) is 4.79 Å². The highest BCUT2D eigenvalue weighted by Crippen LogP contribution is 2.22. The predicted octanol–water partition coefficient (Wildman–Crippen LogP) is 1.99. The SMILES string of the molecule is CCCNC(=O)CCNC(=NC)NCc1ccc(C)cc1OCC1CCOC1. The largest absolute Gasteiger partial charge is 0.493 e. The average Bonchev–Trinajstić information content (AvgIpc) is 3.22. The van der Waals surface area contributed by atoms with E-state index in [4.69, 9.17) is 9.47 Å². The molecule has 3 N–H and O–H groups in total. The third kappa shape index (κ3) is 7.76. The highest BCUT2D eigenvalue weighted by atomic mass is 16.5. The number of aryl methyl sites for hydroxylation is 1. The van der Waals surface area contributed by atoms with Crippen molar-refractivity contribution in [3.63, 3.8) is 0 Å². The Morgan fingerprint density at radius 3 is 2.86 bits per heavy atom. The van der Waals surface area contributed by atoms with E-state index in [1.807, 2.05) is 6.92 Å². The zero-order valence-electron chi connectivity index (χ0n) is 17.3. The highest BCUT2D eigenvalue weighted by molar-refractivity contribution is 5.81. The first-order valence-corrected chi connectivity index (χ1v) is 10.1. The number of carbonyl (C=O) groups is 1. The zero-order chi connectivity index (χ0) is 20.2. The molecule has 7 heteroatoms. The minimum absolute atomic E-state index is 0.0508. The summed E-state index contributed by atoms with van der Waals surface area (Å²) in [7, 11) is 1.72. The fourth-order valence-corrected chi connectivity index (χ4v) is 2.91. The topological polar surface area (TPSA) is 84.0 Å². The van der Waals surface area contributed by atoms with Crippen LogP contribution in [0.5, 0.6) is 5.75 Å². The fraction of sp³-hybridized carbons (Fsp3) is 0.619. The van der Waals surface area contributed by atoms with Gasteiger partial charge in [0.05, 0.1) is 13.2 Å². The molecule has 1 aromatic rings. The Bertz CT molecular complexity index is 643. The number of ether oxygens (including phenoxy) is 2. The van der Waals surface area contributed by atoms with Crippen molar-refractivity contribution in [2.75, 3.05) is 40.0 Å². The summed E-state index contributed by atoms with van der Waals surface area (Å²) in [6.07, 6.45) is 2.42. The van der Waals surface area contributed by atoms with Crippen LogP contribution in [0.2, 0.25) is 0 Å². The Kier molecular flexibility index (Phi) is 9.62. The van der Waals surface area contributed by atoms with Crippen molar-refractivity contribution >= 4 is 11.9 Å². The Morgan fingerprint density at radius 2 is 2.14 bits per heavy atom. The summed E-state index contributed by atoms with van der Waals surface area (Å²) in [5, 5.41) is 9.34. The lowest BCUT2D eigenvalue weighted by atomic mass is 10.1. The third-order valence-electron chi connectivity index (χ3n) is 4.61. The average molecular weight is 391 g/mol. The summed E-state index contributed by atoms with van der Waals surface area (Å²) in [6, 6.07) is 6.23. The van der Waals surface area contributed by atoms with Crippen molar-refractivity contribution in [3.8, 4) is 5.75 Å². The summed E-state index contributed by atoms with van der Waals surface area (Å²) >= 11 is 0. The van der Waals surface area contributed by atoms with Crippen molar-refractivity contribution in [2.45, 2.75) is 39.7 Å². The molecule has 0 aliphatic carbocycles. The van der Waals surface area contributed by atoms with Gasteiger partial charge in [0.1, 0.15) is 5.75 Å². The second-order valence-electron chi connectivity index (χ2n) is 7.10. The van der Waals surface area contributed by atoms with Gasteiger partial charge in [-0.3, -0.25) is 9.79 Å². The molecule has 1 fully saturated rings. The van der Waals surface area contributed by atoms with Gasteiger partial charge >= 0.3 is 0 Å². The monoisotopic (exact) mass is 390 g/mol. The van der Waals surface area contributed by atoms with Gasteiger partial charge in [0.25, 0.3) is 0 Å². The van der Waals surface area contributed by atoms with Crippen molar-refractivity contribution in [1.82, 2.24) is 16.0 Å². The Morgan fingerprint density at radius 1 is 1.29 bits per heavy atom. The molecule has 0 saturated carbocycles. The first-order chi connectivity index (χ1) is 13.6. The van der Waals surface area contributed by atoms with Gasteiger partial charge in [-0.25, -0.2) is 0 Å². The molecular weight excluding hydrogens is 356 g/mol. The molecule has 1 aliphatic rings. The minimum Gasteiger partial charge on any atom is -0.493 e. The van der Waals surface area contributed by atoms with Crippen molar-refractivity contribution in [3.05, 3.63) is 29.3 Å². The Labute approximate surface area is 168 Å². The Balaban J connectivity index is 1.81. The molecule has 1 saturated heterocycles. The maximum atomic E-state index is 11.7. The molecule has 1 aromatic carbocycles. The van der Waals surface area contributed by atoms with E-state index in [2.05, 4.69) is 46.1 Å². The number of nitrogens with one attached hydrogen (secondary N) is 3. The highest BCUT2D eigenvalue weighted by Gasteiger charge is 2.17. The van der Waals surface area contributed by atoms with Gasteiger partial charge in [-0.15, -0.1) is 0 Å². The van der Waals surface area contributed by atoms with Crippen LogP contribution < -0.4 is 20.7 Å². The van der Waals surface area contributed by atoms with Crippen LogP contribution in [-0.2, 0) is 16.1 Å². The lowest BCUT2D eigenvalue weighted by Crippen LogP contribution is -2.39. The van der Waals surface area contributed by atoms with Crippen LogP contribution in [0, 0.1) is 12.8 Å². The Hall–Kier alpha value is -2.28. The van der Waals surface area contributed by atoms with Crippen LogP contribution in [0.4, 0.5) is 0 Å². The lowest BCUT2D eigenvalue weighted by Gasteiger charge is -2.17. The number of amides is 1.